The van der Waals surface area contributed by atoms with Crippen LogP contribution in [0, 0.1) is 0 Å². The van der Waals surface area contributed by atoms with Crippen LogP contribution >= 0.6 is 11.6 Å². The smallest absolute Gasteiger partial charge is 0.335 e. The first-order chi connectivity index (χ1) is 12.5. The Labute approximate surface area is 157 Å². The summed E-state index contributed by atoms with van der Waals surface area (Å²) in [5, 5.41) is 12.7. The summed E-state index contributed by atoms with van der Waals surface area (Å²) >= 11 is 6.07. The van der Waals surface area contributed by atoms with Gasteiger partial charge in [-0.25, -0.2) is 4.79 Å². The first-order valence-electron chi connectivity index (χ1n) is 8.92. The minimum atomic E-state index is -1.03. The highest BCUT2D eigenvalue weighted by Crippen LogP contribution is 2.27. The van der Waals surface area contributed by atoms with E-state index in [1.54, 1.807) is 0 Å². The van der Waals surface area contributed by atoms with Crippen LogP contribution in [0.2, 0.25) is 5.02 Å². The summed E-state index contributed by atoms with van der Waals surface area (Å²) in [4.78, 5) is 25.6. The van der Waals surface area contributed by atoms with E-state index in [1.807, 2.05) is 4.90 Å². The normalized spacial score (nSPS) is 25.5. The molecule has 2 aliphatic rings. The summed E-state index contributed by atoms with van der Waals surface area (Å²) in [5.74, 6) is -0.575. The lowest BCUT2D eigenvalue weighted by atomic mass is 10.1. The SMILES string of the molecule is NC[C@@H]1CCCN1C(=O)[C@@H]1CC[C@H](COc2cc(C(=O)O)ccc2Cl)N1. The number of rotatable bonds is 6. The highest BCUT2D eigenvalue weighted by molar-refractivity contribution is 6.32. The second kappa shape index (κ2) is 8.24. The van der Waals surface area contributed by atoms with Gasteiger partial charge in [0, 0.05) is 25.2 Å². The highest BCUT2D eigenvalue weighted by Gasteiger charge is 2.36. The second-order valence-electron chi connectivity index (χ2n) is 6.82. The van der Waals surface area contributed by atoms with E-state index in [0.717, 1.165) is 32.2 Å². The third-order valence-corrected chi connectivity index (χ3v) is 5.40. The second-order valence-corrected chi connectivity index (χ2v) is 7.23. The van der Waals surface area contributed by atoms with Crippen molar-refractivity contribution < 1.29 is 19.4 Å². The largest absolute Gasteiger partial charge is 0.490 e. The number of carboxylic acid groups (broad SMARTS) is 1. The third kappa shape index (κ3) is 4.11. The van der Waals surface area contributed by atoms with Crippen LogP contribution in [0.25, 0.3) is 0 Å². The van der Waals surface area contributed by atoms with Crippen molar-refractivity contribution >= 4 is 23.5 Å². The fourth-order valence-corrected chi connectivity index (χ4v) is 3.83. The Kier molecular flexibility index (Phi) is 6.01. The molecule has 2 aliphatic heterocycles. The molecule has 0 unspecified atom stereocenters. The molecule has 1 amide bonds. The number of carbonyl (C=O) groups is 2. The van der Waals surface area contributed by atoms with Crippen LogP contribution in [0.3, 0.4) is 0 Å². The molecule has 4 N–H and O–H groups in total. The Morgan fingerprint density at radius 1 is 1.35 bits per heavy atom. The molecule has 2 saturated heterocycles. The minimum absolute atomic E-state index is 0.0208. The maximum absolute atomic E-state index is 12.7. The van der Waals surface area contributed by atoms with Gasteiger partial charge in [0.2, 0.25) is 5.91 Å². The first kappa shape index (κ1) is 18.9. The number of likely N-dealkylation sites (tertiary alicyclic amines) is 1. The van der Waals surface area contributed by atoms with E-state index in [1.165, 1.54) is 18.2 Å². The summed E-state index contributed by atoms with van der Waals surface area (Å²) in [7, 11) is 0. The minimum Gasteiger partial charge on any atom is -0.490 e. The Hall–Kier alpha value is -1.83. The Morgan fingerprint density at radius 2 is 2.15 bits per heavy atom. The van der Waals surface area contributed by atoms with Gasteiger partial charge >= 0.3 is 5.97 Å². The summed E-state index contributed by atoms with van der Waals surface area (Å²) in [5.41, 5.74) is 5.88. The molecular weight excluding hydrogens is 358 g/mol. The number of amides is 1. The molecule has 0 aliphatic carbocycles. The highest BCUT2D eigenvalue weighted by atomic mass is 35.5. The number of carboxylic acids is 1. The lowest BCUT2D eigenvalue weighted by molar-refractivity contribution is -0.133. The van der Waals surface area contributed by atoms with Gasteiger partial charge in [-0.05, 0) is 43.9 Å². The van der Waals surface area contributed by atoms with Crippen LogP contribution in [-0.2, 0) is 4.79 Å². The molecule has 1 aromatic rings. The van der Waals surface area contributed by atoms with E-state index in [9.17, 15) is 9.59 Å². The number of hydrogen-bond acceptors (Lipinski definition) is 5. The average molecular weight is 382 g/mol. The molecular formula is C18H24ClN3O4. The van der Waals surface area contributed by atoms with Crippen molar-refractivity contribution in [2.24, 2.45) is 5.73 Å². The average Bonchev–Trinajstić information content (AvgIpc) is 3.29. The molecule has 142 valence electrons. The van der Waals surface area contributed by atoms with Gasteiger partial charge in [0.15, 0.2) is 0 Å². The zero-order valence-electron chi connectivity index (χ0n) is 14.5. The lowest BCUT2D eigenvalue weighted by Gasteiger charge is -2.27. The van der Waals surface area contributed by atoms with E-state index >= 15 is 0 Å². The molecule has 0 bridgehead atoms. The molecule has 8 heteroatoms. The van der Waals surface area contributed by atoms with Crippen LogP contribution < -0.4 is 15.8 Å². The predicted octanol–water partition coefficient (Wildman–Crippen LogP) is 1.49. The third-order valence-electron chi connectivity index (χ3n) is 5.09. The monoisotopic (exact) mass is 381 g/mol. The first-order valence-corrected chi connectivity index (χ1v) is 9.29. The summed E-state index contributed by atoms with van der Waals surface area (Å²) in [6, 6.07) is 4.32. The van der Waals surface area contributed by atoms with Crippen molar-refractivity contribution in [1.29, 1.82) is 0 Å². The van der Waals surface area contributed by atoms with Gasteiger partial charge in [0.05, 0.1) is 16.6 Å². The zero-order chi connectivity index (χ0) is 18.7. The maximum atomic E-state index is 12.7. The number of nitrogens with zero attached hydrogens (tertiary/aromatic N) is 1. The van der Waals surface area contributed by atoms with Crippen molar-refractivity contribution in [1.82, 2.24) is 10.2 Å². The van der Waals surface area contributed by atoms with E-state index < -0.39 is 5.97 Å². The molecule has 0 radical (unpaired) electrons. The van der Waals surface area contributed by atoms with Crippen molar-refractivity contribution in [2.45, 2.75) is 43.8 Å². The number of halogens is 1. The molecule has 7 nitrogen and oxygen atoms in total. The van der Waals surface area contributed by atoms with Gasteiger partial charge in [0.1, 0.15) is 12.4 Å². The Balaban J connectivity index is 1.54. The quantitative estimate of drug-likeness (QED) is 0.689. The van der Waals surface area contributed by atoms with Gasteiger partial charge in [-0.15, -0.1) is 0 Å². The molecule has 0 spiro atoms. The topological polar surface area (TPSA) is 105 Å². The Morgan fingerprint density at radius 3 is 2.88 bits per heavy atom. The van der Waals surface area contributed by atoms with Gasteiger partial charge in [-0.2, -0.15) is 0 Å². The van der Waals surface area contributed by atoms with E-state index in [2.05, 4.69) is 5.32 Å². The molecule has 0 saturated carbocycles. The Bertz CT molecular complexity index is 684. The number of benzene rings is 1. The summed E-state index contributed by atoms with van der Waals surface area (Å²) < 4.78 is 5.70. The van der Waals surface area contributed by atoms with Crippen molar-refractivity contribution in [2.75, 3.05) is 19.7 Å². The number of aromatic carboxylic acids is 1. The number of nitrogens with two attached hydrogens (primary N) is 1. The summed E-state index contributed by atoms with van der Waals surface area (Å²) in [6.45, 7) is 1.61. The standard InChI is InChI=1S/C18H24ClN3O4/c19-14-5-3-11(18(24)25)8-16(14)26-10-12-4-6-15(21-12)17(23)22-7-1-2-13(22)9-20/h3,5,8,12-13,15,21H,1-2,4,6-7,9-10,20H2,(H,24,25)/t12-,13+,15+/m1/s1. The van der Waals surface area contributed by atoms with Crippen molar-refractivity contribution in [3.8, 4) is 5.75 Å². The molecule has 0 aromatic heterocycles. The van der Waals surface area contributed by atoms with Gasteiger partial charge < -0.3 is 20.5 Å². The van der Waals surface area contributed by atoms with E-state index in [4.69, 9.17) is 27.2 Å². The van der Waals surface area contributed by atoms with Crippen molar-refractivity contribution in [3.63, 3.8) is 0 Å². The molecule has 3 rings (SSSR count). The van der Waals surface area contributed by atoms with Crippen LogP contribution in [-0.4, -0.2) is 59.7 Å². The van der Waals surface area contributed by atoms with Crippen LogP contribution in [0.5, 0.6) is 5.75 Å². The molecule has 2 heterocycles. The molecule has 3 atom stereocenters. The lowest BCUT2D eigenvalue weighted by Crippen LogP contribution is -2.49. The van der Waals surface area contributed by atoms with E-state index in [-0.39, 0.29) is 29.6 Å². The van der Waals surface area contributed by atoms with Crippen LogP contribution in [0.15, 0.2) is 18.2 Å². The number of hydrogen-bond donors (Lipinski definition) is 3. The molecule has 1 aromatic carbocycles. The number of carbonyl (C=O) groups excluding carboxylic acids is 1. The van der Waals surface area contributed by atoms with Gasteiger partial charge in [-0.3, -0.25) is 10.1 Å². The van der Waals surface area contributed by atoms with Crippen molar-refractivity contribution in [3.05, 3.63) is 28.8 Å². The molecule has 2 fully saturated rings. The maximum Gasteiger partial charge on any atom is 0.335 e. The van der Waals surface area contributed by atoms with Gasteiger partial charge in [0.25, 0.3) is 0 Å². The van der Waals surface area contributed by atoms with Gasteiger partial charge in [-0.1, -0.05) is 11.6 Å². The fourth-order valence-electron chi connectivity index (χ4n) is 3.65. The van der Waals surface area contributed by atoms with E-state index in [0.29, 0.717) is 23.9 Å². The van der Waals surface area contributed by atoms with Crippen LogP contribution in [0.1, 0.15) is 36.0 Å². The summed E-state index contributed by atoms with van der Waals surface area (Å²) in [6.07, 6.45) is 3.54. The number of ether oxygens (including phenoxy) is 1. The fraction of sp³-hybridized carbons (Fsp3) is 0.556. The predicted molar refractivity (Wildman–Crippen MR) is 97.6 cm³/mol. The molecule has 26 heavy (non-hydrogen) atoms. The van der Waals surface area contributed by atoms with Crippen LogP contribution in [0.4, 0.5) is 0 Å². The number of nitrogens with one attached hydrogen (secondary N) is 1. The zero-order valence-corrected chi connectivity index (χ0v) is 15.2.